The van der Waals surface area contributed by atoms with E-state index in [1.165, 1.54) is 6.07 Å². The van der Waals surface area contributed by atoms with Crippen molar-refractivity contribution in [2.75, 3.05) is 12.4 Å². The molecular weight excluding hydrogens is 208 g/mol. The van der Waals surface area contributed by atoms with Gasteiger partial charge in [0, 0.05) is 19.2 Å². The zero-order valence-electron chi connectivity index (χ0n) is 9.64. The predicted octanol–water partition coefficient (Wildman–Crippen LogP) is 2.43. The van der Waals surface area contributed by atoms with Crippen molar-refractivity contribution >= 4 is 11.4 Å². The standard InChI is InChI=1S/C11H16N2O3/c1-8(9(2)16-3)12-10-6-4-5-7-11(10)13(14)15/h4-9,12H,1-3H3. The predicted molar refractivity (Wildman–Crippen MR) is 62.7 cm³/mol. The van der Waals surface area contributed by atoms with Crippen LogP contribution in [0, 0.1) is 10.1 Å². The molecule has 1 N–H and O–H groups in total. The van der Waals surface area contributed by atoms with Gasteiger partial charge in [0.2, 0.25) is 0 Å². The summed E-state index contributed by atoms with van der Waals surface area (Å²) < 4.78 is 5.15. The fraction of sp³-hybridized carbons (Fsp3) is 0.455. The monoisotopic (exact) mass is 224 g/mol. The van der Waals surface area contributed by atoms with Crippen molar-refractivity contribution in [1.29, 1.82) is 0 Å². The zero-order valence-corrected chi connectivity index (χ0v) is 9.64. The van der Waals surface area contributed by atoms with Crippen molar-refractivity contribution in [2.24, 2.45) is 0 Å². The fourth-order valence-corrected chi connectivity index (χ4v) is 1.32. The molecule has 0 aliphatic heterocycles. The van der Waals surface area contributed by atoms with Gasteiger partial charge in [0.05, 0.1) is 11.0 Å². The number of methoxy groups -OCH3 is 1. The molecule has 0 aromatic heterocycles. The van der Waals surface area contributed by atoms with Crippen LogP contribution in [-0.2, 0) is 4.74 Å². The summed E-state index contributed by atoms with van der Waals surface area (Å²) in [5.41, 5.74) is 0.599. The third kappa shape index (κ3) is 2.93. The van der Waals surface area contributed by atoms with Gasteiger partial charge in [-0.25, -0.2) is 0 Å². The van der Waals surface area contributed by atoms with Crippen LogP contribution in [0.15, 0.2) is 24.3 Å². The quantitative estimate of drug-likeness (QED) is 0.616. The third-order valence-electron chi connectivity index (χ3n) is 2.56. The number of para-hydroxylation sites is 2. The van der Waals surface area contributed by atoms with Gasteiger partial charge in [-0.3, -0.25) is 10.1 Å². The highest BCUT2D eigenvalue weighted by molar-refractivity contribution is 5.61. The van der Waals surface area contributed by atoms with Crippen molar-refractivity contribution in [3.63, 3.8) is 0 Å². The summed E-state index contributed by atoms with van der Waals surface area (Å²) in [7, 11) is 1.61. The average molecular weight is 224 g/mol. The van der Waals surface area contributed by atoms with Gasteiger partial charge in [0.1, 0.15) is 5.69 Å². The number of nitrogens with zero attached hydrogens (tertiary/aromatic N) is 1. The molecule has 0 heterocycles. The first kappa shape index (κ1) is 12.4. The summed E-state index contributed by atoms with van der Waals surface area (Å²) in [6.45, 7) is 3.83. The van der Waals surface area contributed by atoms with E-state index in [1.54, 1.807) is 25.3 Å². The van der Waals surface area contributed by atoms with Gasteiger partial charge in [-0.1, -0.05) is 12.1 Å². The molecule has 5 nitrogen and oxygen atoms in total. The molecule has 16 heavy (non-hydrogen) atoms. The van der Waals surface area contributed by atoms with E-state index in [-0.39, 0.29) is 17.8 Å². The van der Waals surface area contributed by atoms with E-state index in [2.05, 4.69) is 5.32 Å². The van der Waals surface area contributed by atoms with Crippen molar-refractivity contribution < 1.29 is 9.66 Å². The minimum atomic E-state index is -0.396. The topological polar surface area (TPSA) is 64.4 Å². The van der Waals surface area contributed by atoms with Crippen LogP contribution in [0.2, 0.25) is 0 Å². The van der Waals surface area contributed by atoms with Crippen molar-refractivity contribution in [2.45, 2.75) is 26.0 Å². The third-order valence-corrected chi connectivity index (χ3v) is 2.56. The van der Waals surface area contributed by atoms with E-state index in [1.807, 2.05) is 13.8 Å². The number of benzene rings is 1. The van der Waals surface area contributed by atoms with Crippen molar-refractivity contribution in [3.8, 4) is 0 Å². The van der Waals surface area contributed by atoms with Gasteiger partial charge in [-0.2, -0.15) is 0 Å². The van der Waals surface area contributed by atoms with Crippen LogP contribution in [0.4, 0.5) is 11.4 Å². The molecule has 1 aromatic carbocycles. The lowest BCUT2D eigenvalue weighted by molar-refractivity contribution is -0.384. The Hall–Kier alpha value is -1.62. The van der Waals surface area contributed by atoms with E-state index in [4.69, 9.17) is 4.74 Å². The lowest BCUT2D eigenvalue weighted by Crippen LogP contribution is -2.29. The Morgan fingerprint density at radius 2 is 2.00 bits per heavy atom. The highest BCUT2D eigenvalue weighted by Gasteiger charge is 2.17. The van der Waals surface area contributed by atoms with Gasteiger partial charge in [0.25, 0.3) is 5.69 Å². The maximum absolute atomic E-state index is 10.8. The number of anilines is 1. The van der Waals surface area contributed by atoms with Crippen molar-refractivity contribution in [3.05, 3.63) is 34.4 Å². The molecule has 0 fully saturated rings. The van der Waals surface area contributed by atoms with E-state index in [0.717, 1.165) is 0 Å². The van der Waals surface area contributed by atoms with Gasteiger partial charge >= 0.3 is 0 Å². The lowest BCUT2D eigenvalue weighted by atomic mass is 10.2. The maximum Gasteiger partial charge on any atom is 0.292 e. The van der Waals surface area contributed by atoms with Crippen LogP contribution < -0.4 is 5.32 Å². The number of hydrogen-bond donors (Lipinski definition) is 1. The van der Waals surface area contributed by atoms with E-state index in [0.29, 0.717) is 5.69 Å². The molecule has 2 atom stereocenters. The molecule has 88 valence electrons. The second-order valence-corrected chi connectivity index (χ2v) is 3.65. The van der Waals surface area contributed by atoms with Crippen LogP contribution in [0.1, 0.15) is 13.8 Å². The summed E-state index contributed by atoms with van der Waals surface area (Å²) in [4.78, 5) is 10.4. The smallest absolute Gasteiger partial charge is 0.292 e. The number of nitro benzene ring substituents is 1. The van der Waals surface area contributed by atoms with Crippen LogP contribution >= 0.6 is 0 Å². The molecule has 0 aliphatic carbocycles. The largest absolute Gasteiger partial charge is 0.380 e. The highest BCUT2D eigenvalue weighted by atomic mass is 16.6. The van der Waals surface area contributed by atoms with Gasteiger partial charge < -0.3 is 10.1 Å². The van der Waals surface area contributed by atoms with Crippen LogP contribution in [0.5, 0.6) is 0 Å². The van der Waals surface area contributed by atoms with Gasteiger partial charge in [-0.05, 0) is 19.9 Å². The lowest BCUT2D eigenvalue weighted by Gasteiger charge is -2.20. The highest BCUT2D eigenvalue weighted by Crippen LogP contribution is 2.24. The molecule has 2 unspecified atom stereocenters. The summed E-state index contributed by atoms with van der Waals surface area (Å²) in [5, 5.41) is 13.9. The fourth-order valence-electron chi connectivity index (χ4n) is 1.32. The second kappa shape index (κ2) is 5.46. The Balaban J connectivity index is 2.84. The first-order valence-electron chi connectivity index (χ1n) is 5.09. The minimum absolute atomic E-state index is 0.00565. The Morgan fingerprint density at radius 1 is 1.38 bits per heavy atom. The Bertz CT molecular complexity index is 368. The molecule has 0 aliphatic rings. The summed E-state index contributed by atoms with van der Waals surface area (Å²) in [6.07, 6.45) is -0.0141. The van der Waals surface area contributed by atoms with E-state index in [9.17, 15) is 10.1 Å². The zero-order chi connectivity index (χ0) is 12.1. The summed E-state index contributed by atoms with van der Waals surface area (Å²) >= 11 is 0. The number of rotatable bonds is 5. The molecular formula is C11H16N2O3. The van der Waals surface area contributed by atoms with E-state index >= 15 is 0 Å². The Labute approximate surface area is 94.6 Å². The number of ether oxygens (including phenoxy) is 1. The number of nitrogens with one attached hydrogen (secondary N) is 1. The average Bonchev–Trinajstić information content (AvgIpc) is 2.28. The molecule has 0 saturated carbocycles. The summed E-state index contributed by atoms with van der Waals surface area (Å²) in [5.74, 6) is 0. The first-order chi connectivity index (χ1) is 7.56. The molecule has 5 heteroatoms. The van der Waals surface area contributed by atoms with Crippen molar-refractivity contribution in [1.82, 2.24) is 0 Å². The molecule has 1 aromatic rings. The van der Waals surface area contributed by atoms with E-state index < -0.39 is 4.92 Å². The van der Waals surface area contributed by atoms with Crippen LogP contribution in [0.3, 0.4) is 0 Å². The summed E-state index contributed by atoms with van der Waals surface area (Å²) in [6, 6.07) is 6.59. The molecule has 0 spiro atoms. The molecule has 0 radical (unpaired) electrons. The first-order valence-corrected chi connectivity index (χ1v) is 5.09. The normalized spacial score (nSPS) is 14.2. The molecule has 0 bridgehead atoms. The number of nitro groups is 1. The Morgan fingerprint density at radius 3 is 2.56 bits per heavy atom. The molecule has 0 saturated heterocycles. The molecule has 1 rings (SSSR count). The van der Waals surface area contributed by atoms with Gasteiger partial charge in [0.15, 0.2) is 0 Å². The second-order valence-electron chi connectivity index (χ2n) is 3.65. The molecule has 0 amide bonds. The SMILES string of the molecule is COC(C)C(C)Nc1ccccc1[N+](=O)[O-]. The van der Waals surface area contributed by atoms with Gasteiger partial charge in [-0.15, -0.1) is 0 Å². The maximum atomic E-state index is 10.8. The Kier molecular flexibility index (Phi) is 4.25. The van der Waals surface area contributed by atoms with Crippen LogP contribution in [0.25, 0.3) is 0 Å². The van der Waals surface area contributed by atoms with Crippen LogP contribution in [-0.4, -0.2) is 24.2 Å². The number of hydrogen-bond acceptors (Lipinski definition) is 4. The minimum Gasteiger partial charge on any atom is -0.380 e.